The van der Waals surface area contributed by atoms with E-state index in [1.54, 1.807) is 4.90 Å². The lowest BCUT2D eigenvalue weighted by atomic mass is 9.88. The van der Waals surface area contributed by atoms with Crippen LogP contribution < -0.4 is 9.64 Å². The van der Waals surface area contributed by atoms with Crippen LogP contribution in [0, 0.1) is 12.3 Å². The fourth-order valence-corrected chi connectivity index (χ4v) is 5.06. The Labute approximate surface area is 186 Å². The molecule has 1 amide bonds. The monoisotopic (exact) mass is 417 g/mol. The topological polar surface area (TPSA) is 29.5 Å². The molecule has 0 unspecified atom stereocenters. The number of ether oxygens (including phenoxy) is 1. The molecule has 4 nitrogen and oxygen atoms in total. The molecule has 0 bridgehead atoms. The average Bonchev–Trinajstić information content (AvgIpc) is 2.80. The van der Waals surface area contributed by atoms with Crippen molar-refractivity contribution in [2.75, 3.05) is 44.7 Å². The number of anilines is 1. The van der Waals surface area contributed by atoms with E-state index in [2.05, 4.69) is 43.3 Å². The van der Waals surface area contributed by atoms with Crippen LogP contribution in [0.1, 0.15) is 42.7 Å². The number of piperidine rings is 1. The maximum Gasteiger partial charge on any atom is 0.228 e. The van der Waals surface area contributed by atoms with Crippen LogP contribution in [0.5, 0.6) is 5.75 Å². The van der Waals surface area contributed by atoms with E-state index in [4.69, 9.17) is 11.2 Å². The van der Waals surface area contributed by atoms with E-state index in [1.807, 2.05) is 18.2 Å². The van der Waals surface area contributed by atoms with E-state index in [0.29, 0.717) is 25.5 Å². The number of benzene rings is 2. The zero-order valence-corrected chi connectivity index (χ0v) is 18.6. The summed E-state index contributed by atoms with van der Waals surface area (Å²) in [5, 5.41) is 0. The van der Waals surface area contributed by atoms with Crippen LogP contribution in [-0.4, -0.2) is 50.2 Å². The zero-order chi connectivity index (χ0) is 21.7. The molecule has 31 heavy (non-hydrogen) atoms. The molecule has 4 rings (SSSR count). The maximum absolute atomic E-state index is 12.2. The van der Waals surface area contributed by atoms with Crippen molar-refractivity contribution < 1.29 is 14.0 Å². The number of quaternary nitrogens is 1. The number of carbonyl (C=O) groups is 1. The Morgan fingerprint density at radius 3 is 2.61 bits per heavy atom. The van der Waals surface area contributed by atoms with Gasteiger partial charge in [-0.05, 0) is 30.0 Å². The Morgan fingerprint density at radius 2 is 1.87 bits per heavy atom. The third-order valence-corrected chi connectivity index (χ3v) is 6.94. The highest BCUT2D eigenvalue weighted by Gasteiger charge is 2.30. The second-order valence-electron chi connectivity index (χ2n) is 9.12. The van der Waals surface area contributed by atoms with E-state index in [-0.39, 0.29) is 5.91 Å². The molecule has 2 aliphatic heterocycles. The van der Waals surface area contributed by atoms with E-state index >= 15 is 0 Å². The molecule has 2 aromatic carbocycles. The van der Waals surface area contributed by atoms with Gasteiger partial charge in [0.25, 0.3) is 0 Å². The number of amides is 1. The minimum atomic E-state index is 0.0962. The molecular weight excluding hydrogens is 384 g/mol. The Kier molecular flexibility index (Phi) is 6.63. The summed E-state index contributed by atoms with van der Waals surface area (Å²) in [5.74, 6) is 4.30. The molecule has 2 heterocycles. The highest BCUT2D eigenvalue weighted by atomic mass is 16.5. The molecule has 162 valence electrons. The van der Waals surface area contributed by atoms with Gasteiger partial charge < -0.3 is 14.1 Å². The number of likely N-dealkylation sites (tertiary alicyclic amines) is 1. The minimum Gasteiger partial charge on any atom is -0.493 e. The number of nitrogens with zero attached hydrogens (tertiary/aromatic N) is 2. The summed E-state index contributed by atoms with van der Waals surface area (Å²) >= 11 is 0. The summed E-state index contributed by atoms with van der Waals surface area (Å²) in [6.07, 6.45) is 10.2. The zero-order valence-electron chi connectivity index (χ0n) is 18.6. The lowest BCUT2D eigenvalue weighted by Crippen LogP contribution is -2.50. The lowest BCUT2D eigenvalue weighted by molar-refractivity contribution is -0.914. The maximum atomic E-state index is 12.2. The molecule has 0 spiro atoms. The molecule has 0 saturated carbocycles. The van der Waals surface area contributed by atoms with Crippen LogP contribution in [0.3, 0.4) is 0 Å². The third kappa shape index (κ3) is 4.94. The van der Waals surface area contributed by atoms with Gasteiger partial charge in [0, 0.05) is 31.2 Å². The normalized spacial score (nSPS) is 23.2. The number of fused-ring (bicyclic) bond motifs is 1. The Morgan fingerprint density at radius 1 is 1.10 bits per heavy atom. The standard InChI is InChI=1S/C27H33N2O2/c1-3-17-28-25-11-7-12-26(24(25)13-14-27(28)30)31-21-8-18-29(2)19-15-23(16-20-29)22-9-5-4-6-10-22/h1,4-7,9-12,23H,8,13-21H2,2H3/q+1. The average molecular weight is 418 g/mol. The Balaban J connectivity index is 1.29. The van der Waals surface area contributed by atoms with Crippen molar-refractivity contribution in [1.29, 1.82) is 0 Å². The number of terminal acetylenes is 1. The van der Waals surface area contributed by atoms with Crippen LogP contribution in [0.2, 0.25) is 0 Å². The molecule has 1 fully saturated rings. The molecule has 0 atom stereocenters. The second-order valence-corrected chi connectivity index (χ2v) is 9.12. The van der Waals surface area contributed by atoms with Gasteiger partial charge >= 0.3 is 0 Å². The smallest absolute Gasteiger partial charge is 0.228 e. The van der Waals surface area contributed by atoms with Gasteiger partial charge in [0.1, 0.15) is 5.75 Å². The number of hydrogen-bond donors (Lipinski definition) is 0. The quantitative estimate of drug-likeness (QED) is 0.380. The van der Waals surface area contributed by atoms with Gasteiger partial charge in [-0.1, -0.05) is 42.3 Å². The Hall–Kier alpha value is -2.77. The molecule has 2 aromatic rings. The van der Waals surface area contributed by atoms with E-state index in [0.717, 1.165) is 40.9 Å². The van der Waals surface area contributed by atoms with Crippen molar-refractivity contribution in [2.24, 2.45) is 0 Å². The van der Waals surface area contributed by atoms with Gasteiger partial charge in [0.15, 0.2) is 0 Å². The summed E-state index contributed by atoms with van der Waals surface area (Å²) < 4.78 is 7.32. The first kappa shape index (κ1) is 21.5. The summed E-state index contributed by atoms with van der Waals surface area (Å²) in [7, 11) is 2.38. The molecule has 4 heteroatoms. The number of hydrogen-bond acceptors (Lipinski definition) is 2. The predicted octanol–water partition coefficient (Wildman–Crippen LogP) is 4.39. The van der Waals surface area contributed by atoms with E-state index in [1.165, 1.54) is 31.5 Å². The fraction of sp³-hybridized carbons (Fsp3) is 0.444. The fourth-order valence-electron chi connectivity index (χ4n) is 5.06. The van der Waals surface area contributed by atoms with Crippen molar-refractivity contribution in [1.82, 2.24) is 0 Å². The van der Waals surface area contributed by atoms with Crippen LogP contribution in [0.4, 0.5) is 5.69 Å². The van der Waals surface area contributed by atoms with E-state index in [9.17, 15) is 4.79 Å². The molecule has 0 N–H and O–H groups in total. The van der Waals surface area contributed by atoms with Gasteiger partial charge in [0.05, 0.1) is 45.5 Å². The summed E-state index contributed by atoms with van der Waals surface area (Å²) in [6.45, 7) is 4.61. The van der Waals surface area contributed by atoms with Gasteiger partial charge in [-0.3, -0.25) is 4.79 Å². The van der Waals surface area contributed by atoms with Crippen molar-refractivity contribution >= 4 is 11.6 Å². The van der Waals surface area contributed by atoms with Crippen molar-refractivity contribution in [3.05, 3.63) is 59.7 Å². The van der Waals surface area contributed by atoms with E-state index < -0.39 is 0 Å². The highest BCUT2D eigenvalue weighted by Crippen LogP contribution is 2.35. The first-order valence-electron chi connectivity index (χ1n) is 11.5. The molecule has 2 aliphatic rings. The van der Waals surface area contributed by atoms with Gasteiger partial charge in [-0.15, -0.1) is 6.42 Å². The Bertz CT molecular complexity index is 939. The van der Waals surface area contributed by atoms with Crippen LogP contribution in [-0.2, 0) is 11.2 Å². The molecule has 1 saturated heterocycles. The second kappa shape index (κ2) is 9.58. The van der Waals surface area contributed by atoms with Crippen LogP contribution in [0.25, 0.3) is 0 Å². The molecule has 0 aromatic heterocycles. The summed E-state index contributed by atoms with van der Waals surface area (Å²) in [5.41, 5.74) is 3.51. The molecule has 0 aliphatic carbocycles. The molecular formula is C27H33N2O2+. The lowest BCUT2D eigenvalue weighted by Gasteiger charge is -2.41. The van der Waals surface area contributed by atoms with Crippen molar-refractivity contribution in [3.63, 3.8) is 0 Å². The summed E-state index contributed by atoms with van der Waals surface area (Å²) in [6, 6.07) is 16.9. The summed E-state index contributed by atoms with van der Waals surface area (Å²) in [4.78, 5) is 13.9. The van der Waals surface area contributed by atoms with Crippen molar-refractivity contribution in [3.8, 4) is 18.1 Å². The highest BCUT2D eigenvalue weighted by molar-refractivity contribution is 5.97. The van der Waals surface area contributed by atoms with Crippen LogP contribution >= 0.6 is 0 Å². The van der Waals surface area contributed by atoms with Gasteiger partial charge in [-0.25, -0.2) is 0 Å². The largest absolute Gasteiger partial charge is 0.493 e. The minimum absolute atomic E-state index is 0.0962. The SMILES string of the molecule is C#CCN1C(=O)CCc2c(OCCC[N+]3(C)CCC(c4ccccc4)CC3)cccc21. The number of rotatable bonds is 7. The molecule has 0 radical (unpaired) electrons. The first-order chi connectivity index (χ1) is 15.1. The van der Waals surface area contributed by atoms with Crippen molar-refractivity contribution in [2.45, 2.75) is 38.0 Å². The van der Waals surface area contributed by atoms with Gasteiger partial charge in [0.2, 0.25) is 5.91 Å². The number of carbonyl (C=O) groups excluding carboxylic acids is 1. The van der Waals surface area contributed by atoms with Crippen LogP contribution in [0.15, 0.2) is 48.5 Å². The predicted molar refractivity (Wildman–Crippen MR) is 125 cm³/mol. The third-order valence-electron chi connectivity index (χ3n) is 6.94. The van der Waals surface area contributed by atoms with Gasteiger partial charge in [-0.2, -0.15) is 0 Å². The first-order valence-corrected chi connectivity index (χ1v) is 11.5.